The molecule has 31 heavy (non-hydrogen) atoms. The number of hydrogen-bond donors (Lipinski definition) is 0. The van der Waals surface area contributed by atoms with Gasteiger partial charge in [-0.1, -0.05) is 47.5 Å². The number of halogens is 2. The second-order valence-electron chi connectivity index (χ2n) is 6.62. The van der Waals surface area contributed by atoms with Crippen molar-refractivity contribution < 1.29 is 4.79 Å². The Morgan fingerprint density at radius 2 is 2.00 bits per heavy atom. The molecule has 0 atom stereocenters. The molecule has 9 heteroatoms. The highest BCUT2D eigenvalue weighted by Gasteiger charge is 2.20. The molecule has 0 saturated heterocycles. The Labute approximate surface area is 192 Å². The lowest BCUT2D eigenvalue weighted by Crippen LogP contribution is -2.34. The van der Waals surface area contributed by atoms with Crippen LogP contribution in [0.1, 0.15) is 0 Å². The fourth-order valence-corrected chi connectivity index (χ4v) is 4.25. The van der Waals surface area contributed by atoms with Gasteiger partial charge in [0.25, 0.3) is 5.91 Å². The number of rotatable bonds is 6. The molecule has 0 unspecified atom stereocenters. The number of anilines is 1. The summed E-state index contributed by atoms with van der Waals surface area (Å²) in [6.45, 7) is 3.99. The zero-order valence-corrected chi connectivity index (χ0v) is 18.5. The molecule has 0 N–H and O–H groups in total. The van der Waals surface area contributed by atoms with Crippen LogP contribution >= 0.6 is 34.5 Å². The molecule has 2 aromatic heterocycles. The van der Waals surface area contributed by atoms with Crippen molar-refractivity contribution in [3.63, 3.8) is 0 Å². The molecule has 6 nitrogen and oxygen atoms in total. The fraction of sp³-hybridized carbons (Fsp3) is 0.0909. The van der Waals surface area contributed by atoms with Crippen molar-refractivity contribution in [3.05, 3.63) is 87.0 Å². The quantitative estimate of drug-likeness (QED) is 0.370. The van der Waals surface area contributed by atoms with Crippen LogP contribution in [0.2, 0.25) is 10.0 Å². The molecule has 0 bridgehead atoms. The summed E-state index contributed by atoms with van der Waals surface area (Å²) in [6.07, 6.45) is 2.86. The number of thiazole rings is 1. The summed E-state index contributed by atoms with van der Waals surface area (Å²) in [5.74, 6) is -0.226. The van der Waals surface area contributed by atoms with Crippen molar-refractivity contribution in [1.82, 2.24) is 14.8 Å². The second kappa shape index (κ2) is 9.01. The highest BCUT2D eigenvalue weighted by atomic mass is 35.5. The number of carbonyl (C=O) groups is 1. The Morgan fingerprint density at radius 1 is 1.19 bits per heavy atom. The first-order valence-corrected chi connectivity index (χ1v) is 10.9. The Bertz CT molecular complexity index is 1350. The van der Waals surface area contributed by atoms with E-state index >= 15 is 0 Å². The first-order valence-electron chi connectivity index (χ1n) is 9.25. The van der Waals surface area contributed by atoms with Gasteiger partial charge < -0.3 is 0 Å². The molecule has 0 aliphatic rings. The fourth-order valence-electron chi connectivity index (χ4n) is 3.09. The number of amides is 1. The third-order valence-electron chi connectivity index (χ3n) is 4.60. The molecule has 4 rings (SSSR count). The number of nitrogens with zero attached hydrogens (tertiary/aromatic N) is 4. The summed E-state index contributed by atoms with van der Waals surface area (Å²) in [4.78, 5) is 31.3. The maximum atomic E-state index is 13.1. The number of benzene rings is 2. The average Bonchev–Trinajstić information content (AvgIpc) is 3.26. The maximum Gasteiger partial charge on any atom is 0.250 e. The van der Waals surface area contributed by atoms with E-state index in [2.05, 4.69) is 16.7 Å². The minimum Gasteiger partial charge on any atom is -0.287 e. The minimum absolute atomic E-state index is 0.0453. The van der Waals surface area contributed by atoms with Crippen molar-refractivity contribution in [3.8, 4) is 11.3 Å². The van der Waals surface area contributed by atoms with Crippen LogP contribution in [0.15, 0.2) is 71.5 Å². The highest BCUT2D eigenvalue weighted by Crippen LogP contribution is 2.31. The topological polar surface area (TPSA) is 68.1 Å². The summed E-state index contributed by atoms with van der Waals surface area (Å²) in [6, 6.07) is 12.3. The van der Waals surface area contributed by atoms with Gasteiger partial charge in [-0.3, -0.25) is 19.2 Å². The zero-order valence-electron chi connectivity index (χ0n) is 16.2. The molecule has 1 amide bonds. The Kier molecular flexibility index (Phi) is 6.18. The lowest BCUT2D eigenvalue weighted by atomic mass is 10.2. The van der Waals surface area contributed by atoms with Gasteiger partial charge in [-0.2, -0.15) is 5.10 Å². The third kappa shape index (κ3) is 4.39. The van der Waals surface area contributed by atoms with Gasteiger partial charge >= 0.3 is 0 Å². The standard InChI is InChI=1S/C22H16Cl2N4O2S/c1-2-9-27(22-26-18(13-31-22)14-7-8-16(23)17(24)10-14)21(30)12-28-19-6-4-3-5-15(19)20(29)11-25-28/h2-8,10-11,13H,1,9,12H2. The largest absolute Gasteiger partial charge is 0.287 e. The Balaban J connectivity index is 1.64. The van der Waals surface area contributed by atoms with Crippen LogP contribution in [0.25, 0.3) is 22.2 Å². The van der Waals surface area contributed by atoms with Gasteiger partial charge in [0, 0.05) is 22.9 Å². The van der Waals surface area contributed by atoms with Gasteiger partial charge in [0.1, 0.15) is 6.54 Å². The van der Waals surface area contributed by atoms with Crippen molar-refractivity contribution >= 4 is 56.5 Å². The molecule has 2 heterocycles. The van der Waals surface area contributed by atoms with Crippen LogP contribution in [0.5, 0.6) is 0 Å². The van der Waals surface area contributed by atoms with Gasteiger partial charge in [0.2, 0.25) is 5.43 Å². The average molecular weight is 471 g/mol. The van der Waals surface area contributed by atoms with Crippen molar-refractivity contribution in [2.24, 2.45) is 0 Å². The monoisotopic (exact) mass is 470 g/mol. The third-order valence-corrected chi connectivity index (χ3v) is 6.20. The molecule has 2 aromatic carbocycles. The second-order valence-corrected chi connectivity index (χ2v) is 8.27. The molecular weight excluding hydrogens is 455 g/mol. The number of para-hydroxylation sites is 1. The summed E-state index contributed by atoms with van der Waals surface area (Å²) in [7, 11) is 0. The molecule has 0 fully saturated rings. The first kappa shape index (κ1) is 21.2. The van der Waals surface area contributed by atoms with E-state index in [9.17, 15) is 9.59 Å². The van der Waals surface area contributed by atoms with Gasteiger partial charge in [0.05, 0.1) is 27.5 Å². The maximum absolute atomic E-state index is 13.1. The summed E-state index contributed by atoms with van der Waals surface area (Å²) in [5.41, 5.74) is 1.90. The van der Waals surface area contributed by atoms with E-state index in [-0.39, 0.29) is 24.4 Å². The van der Waals surface area contributed by atoms with E-state index in [0.29, 0.717) is 31.8 Å². The molecule has 0 aliphatic carbocycles. The molecule has 0 spiro atoms. The van der Waals surface area contributed by atoms with Gasteiger partial charge in [-0.15, -0.1) is 17.9 Å². The molecule has 0 saturated carbocycles. The molecule has 0 aliphatic heterocycles. The zero-order chi connectivity index (χ0) is 22.0. The van der Waals surface area contributed by atoms with E-state index in [0.717, 1.165) is 5.56 Å². The lowest BCUT2D eigenvalue weighted by molar-refractivity contribution is -0.119. The highest BCUT2D eigenvalue weighted by molar-refractivity contribution is 7.14. The smallest absolute Gasteiger partial charge is 0.250 e. The lowest BCUT2D eigenvalue weighted by Gasteiger charge is -2.19. The summed E-state index contributed by atoms with van der Waals surface area (Å²) in [5, 5.41) is 7.93. The van der Waals surface area contributed by atoms with Gasteiger partial charge in [-0.25, -0.2) is 4.98 Å². The Morgan fingerprint density at radius 3 is 2.77 bits per heavy atom. The van der Waals surface area contributed by atoms with Gasteiger partial charge in [0.15, 0.2) is 5.13 Å². The van der Waals surface area contributed by atoms with Gasteiger partial charge in [-0.05, 0) is 24.3 Å². The summed E-state index contributed by atoms with van der Waals surface area (Å²) >= 11 is 13.4. The number of carbonyl (C=O) groups excluding carboxylic acids is 1. The Hall–Kier alpha value is -3.00. The van der Waals surface area contributed by atoms with E-state index in [1.807, 2.05) is 11.4 Å². The van der Waals surface area contributed by atoms with Crippen molar-refractivity contribution in [2.45, 2.75) is 6.54 Å². The number of fused-ring (bicyclic) bond motifs is 1. The summed E-state index contributed by atoms with van der Waals surface area (Å²) < 4.78 is 1.52. The normalized spacial score (nSPS) is 10.9. The van der Waals surface area contributed by atoms with Crippen LogP contribution in [0.3, 0.4) is 0 Å². The van der Waals surface area contributed by atoms with Crippen molar-refractivity contribution in [2.75, 3.05) is 11.4 Å². The number of aromatic nitrogens is 3. The van der Waals surface area contributed by atoms with Crippen LogP contribution in [-0.4, -0.2) is 27.2 Å². The SMILES string of the molecule is C=CCN(C(=O)Cn1ncc(=O)c2ccccc21)c1nc(-c2ccc(Cl)c(Cl)c2)cs1. The van der Waals surface area contributed by atoms with E-state index in [1.165, 1.54) is 27.1 Å². The van der Waals surface area contributed by atoms with Crippen LogP contribution < -0.4 is 10.3 Å². The van der Waals surface area contributed by atoms with Crippen LogP contribution in [0, 0.1) is 0 Å². The minimum atomic E-state index is -0.226. The van der Waals surface area contributed by atoms with Crippen LogP contribution in [-0.2, 0) is 11.3 Å². The first-order chi connectivity index (χ1) is 15.0. The molecule has 4 aromatic rings. The van der Waals surface area contributed by atoms with E-state index < -0.39 is 0 Å². The van der Waals surface area contributed by atoms with E-state index in [1.54, 1.807) is 42.5 Å². The molecule has 156 valence electrons. The predicted molar refractivity (Wildman–Crippen MR) is 126 cm³/mol. The molecule has 0 radical (unpaired) electrons. The van der Waals surface area contributed by atoms with Crippen molar-refractivity contribution in [1.29, 1.82) is 0 Å². The number of hydrogen-bond acceptors (Lipinski definition) is 5. The molecular formula is C22H16Cl2N4O2S. The van der Waals surface area contributed by atoms with Crippen LogP contribution in [0.4, 0.5) is 5.13 Å². The predicted octanol–water partition coefficient (Wildman–Crippen LogP) is 5.05. The van der Waals surface area contributed by atoms with E-state index in [4.69, 9.17) is 23.2 Å².